The van der Waals surface area contributed by atoms with Crippen molar-refractivity contribution in [3.05, 3.63) is 69.8 Å². The molecule has 2 amide bonds. The molecule has 7 nitrogen and oxygen atoms in total. The second-order valence-electron chi connectivity index (χ2n) is 4.86. The first-order chi connectivity index (χ1) is 11.0. The second kappa shape index (κ2) is 7.17. The van der Waals surface area contributed by atoms with Gasteiger partial charge in [0.2, 0.25) is 5.91 Å². The van der Waals surface area contributed by atoms with Crippen LogP contribution in [0.1, 0.15) is 22.8 Å². The summed E-state index contributed by atoms with van der Waals surface area (Å²) in [5, 5.41) is 15.9. The number of nitrogens with zero attached hydrogens (tertiary/aromatic N) is 1. The third kappa shape index (κ3) is 4.63. The maximum Gasteiger partial charge on any atom is 0.269 e. The number of hydrogen-bond donors (Lipinski definition) is 2. The van der Waals surface area contributed by atoms with Gasteiger partial charge in [-0.1, -0.05) is 12.1 Å². The molecule has 0 saturated carbocycles. The Bertz CT molecular complexity index is 724. The number of carbonyl (C=O) groups excluding carboxylic acids is 2. The lowest BCUT2D eigenvalue weighted by Crippen LogP contribution is -2.22. The summed E-state index contributed by atoms with van der Waals surface area (Å²) in [5.74, 6) is -0.446. The second-order valence-corrected chi connectivity index (χ2v) is 4.86. The lowest BCUT2D eigenvalue weighted by atomic mass is 10.1. The highest BCUT2D eigenvalue weighted by molar-refractivity contribution is 5.95. The van der Waals surface area contributed by atoms with Gasteiger partial charge in [0.15, 0.2) is 0 Å². The normalized spacial score (nSPS) is 9.96. The molecule has 118 valence electrons. The summed E-state index contributed by atoms with van der Waals surface area (Å²) in [5.41, 5.74) is 1.85. The number of nitro groups is 1. The molecule has 0 aliphatic heterocycles. The number of nitro benzene ring substituents is 1. The molecule has 0 radical (unpaired) electrons. The fourth-order valence-electron chi connectivity index (χ4n) is 1.93. The van der Waals surface area contributed by atoms with E-state index in [0.717, 1.165) is 5.56 Å². The zero-order valence-corrected chi connectivity index (χ0v) is 12.4. The summed E-state index contributed by atoms with van der Waals surface area (Å²) in [4.78, 5) is 33.0. The van der Waals surface area contributed by atoms with Crippen molar-refractivity contribution in [2.75, 3.05) is 5.32 Å². The summed E-state index contributed by atoms with van der Waals surface area (Å²) in [7, 11) is 0. The molecule has 23 heavy (non-hydrogen) atoms. The summed E-state index contributed by atoms with van der Waals surface area (Å²) in [6.45, 7) is 1.68. The highest BCUT2D eigenvalue weighted by Gasteiger charge is 2.07. The van der Waals surface area contributed by atoms with E-state index in [0.29, 0.717) is 11.3 Å². The molecule has 7 heteroatoms. The molecule has 0 fully saturated rings. The molecule has 0 heterocycles. The molecule has 0 bridgehead atoms. The summed E-state index contributed by atoms with van der Waals surface area (Å²) < 4.78 is 0. The average Bonchev–Trinajstić information content (AvgIpc) is 2.53. The van der Waals surface area contributed by atoms with Crippen molar-refractivity contribution in [1.82, 2.24) is 5.32 Å². The van der Waals surface area contributed by atoms with Crippen molar-refractivity contribution in [2.45, 2.75) is 13.5 Å². The molecule has 0 aliphatic rings. The van der Waals surface area contributed by atoms with Crippen LogP contribution in [-0.2, 0) is 11.3 Å². The molecule has 0 atom stereocenters. The Morgan fingerprint density at radius 2 is 1.65 bits per heavy atom. The number of hydrogen-bond acceptors (Lipinski definition) is 4. The van der Waals surface area contributed by atoms with E-state index in [2.05, 4.69) is 10.6 Å². The Morgan fingerprint density at radius 1 is 1.04 bits per heavy atom. The van der Waals surface area contributed by atoms with E-state index in [-0.39, 0.29) is 24.0 Å². The van der Waals surface area contributed by atoms with Crippen molar-refractivity contribution < 1.29 is 14.5 Å². The van der Waals surface area contributed by atoms with Crippen LogP contribution in [-0.4, -0.2) is 16.7 Å². The highest BCUT2D eigenvalue weighted by Crippen LogP contribution is 2.12. The van der Waals surface area contributed by atoms with Crippen LogP contribution in [0, 0.1) is 10.1 Å². The predicted octanol–water partition coefficient (Wildman–Crippen LogP) is 2.48. The van der Waals surface area contributed by atoms with Gasteiger partial charge in [0.1, 0.15) is 0 Å². The van der Waals surface area contributed by atoms with E-state index in [1.165, 1.54) is 19.1 Å². The maximum atomic E-state index is 12.0. The van der Waals surface area contributed by atoms with Gasteiger partial charge in [0, 0.05) is 36.9 Å². The molecular formula is C16H15N3O4. The van der Waals surface area contributed by atoms with Crippen LogP contribution in [0.4, 0.5) is 11.4 Å². The van der Waals surface area contributed by atoms with Crippen LogP contribution >= 0.6 is 0 Å². The van der Waals surface area contributed by atoms with Crippen molar-refractivity contribution in [2.24, 2.45) is 0 Å². The van der Waals surface area contributed by atoms with E-state index >= 15 is 0 Å². The maximum absolute atomic E-state index is 12.0. The number of carbonyl (C=O) groups is 2. The van der Waals surface area contributed by atoms with Crippen LogP contribution in [0.5, 0.6) is 0 Å². The Hall–Kier alpha value is -3.22. The van der Waals surface area contributed by atoms with Gasteiger partial charge in [-0.15, -0.1) is 0 Å². The molecule has 0 aromatic heterocycles. The minimum Gasteiger partial charge on any atom is -0.348 e. The van der Waals surface area contributed by atoms with Gasteiger partial charge in [-0.05, 0) is 29.8 Å². The van der Waals surface area contributed by atoms with Crippen molar-refractivity contribution >= 4 is 23.2 Å². The van der Waals surface area contributed by atoms with Gasteiger partial charge in [-0.2, -0.15) is 0 Å². The first-order valence-corrected chi connectivity index (χ1v) is 6.85. The van der Waals surface area contributed by atoms with Crippen molar-refractivity contribution in [3.63, 3.8) is 0 Å². The standard InChI is InChI=1S/C16H15N3O4/c1-11(20)18-14-6-4-13(5-7-14)16(21)17-10-12-2-8-15(9-3-12)19(22)23/h2-9H,10H2,1H3,(H,17,21)(H,18,20). The molecule has 2 N–H and O–H groups in total. The first kappa shape index (κ1) is 16.2. The number of amides is 2. The Balaban J connectivity index is 1.93. The molecule has 0 aliphatic carbocycles. The van der Waals surface area contributed by atoms with Crippen LogP contribution in [0.3, 0.4) is 0 Å². The van der Waals surface area contributed by atoms with Crippen molar-refractivity contribution in [1.29, 1.82) is 0 Å². The van der Waals surface area contributed by atoms with Gasteiger partial charge >= 0.3 is 0 Å². The molecule has 0 spiro atoms. The Labute approximate surface area is 132 Å². The van der Waals surface area contributed by atoms with E-state index < -0.39 is 4.92 Å². The number of anilines is 1. The van der Waals surface area contributed by atoms with E-state index in [4.69, 9.17) is 0 Å². The summed E-state index contributed by atoms with van der Waals surface area (Å²) in [6.07, 6.45) is 0. The summed E-state index contributed by atoms with van der Waals surface area (Å²) in [6, 6.07) is 12.5. The molecule has 0 unspecified atom stereocenters. The number of benzene rings is 2. The Morgan fingerprint density at radius 3 is 2.17 bits per heavy atom. The smallest absolute Gasteiger partial charge is 0.269 e. The lowest BCUT2D eigenvalue weighted by Gasteiger charge is -2.07. The first-order valence-electron chi connectivity index (χ1n) is 6.85. The minimum absolute atomic E-state index is 0.00800. The van der Waals surface area contributed by atoms with Gasteiger partial charge in [0.05, 0.1) is 4.92 Å². The molecule has 2 aromatic carbocycles. The zero-order chi connectivity index (χ0) is 16.8. The monoisotopic (exact) mass is 313 g/mol. The molecule has 2 rings (SSSR count). The third-order valence-electron chi connectivity index (χ3n) is 3.07. The lowest BCUT2D eigenvalue weighted by molar-refractivity contribution is -0.384. The van der Waals surface area contributed by atoms with Crippen LogP contribution in [0.25, 0.3) is 0 Å². The largest absolute Gasteiger partial charge is 0.348 e. The van der Waals surface area contributed by atoms with Crippen LogP contribution < -0.4 is 10.6 Å². The number of nitrogens with one attached hydrogen (secondary N) is 2. The van der Waals surface area contributed by atoms with Gasteiger partial charge < -0.3 is 10.6 Å². The Kier molecular flexibility index (Phi) is 5.03. The highest BCUT2D eigenvalue weighted by atomic mass is 16.6. The van der Waals surface area contributed by atoms with Crippen molar-refractivity contribution in [3.8, 4) is 0 Å². The minimum atomic E-state index is -0.473. The van der Waals surface area contributed by atoms with Crippen LogP contribution in [0.2, 0.25) is 0 Å². The SMILES string of the molecule is CC(=O)Nc1ccc(C(=O)NCc2ccc([N+](=O)[O-])cc2)cc1. The quantitative estimate of drug-likeness (QED) is 0.654. The van der Waals surface area contributed by atoms with E-state index in [1.54, 1.807) is 36.4 Å². The van der Waals surface area contributed by atoms with Gasteiger partial charge in [-0.3, -0.25) is 19.7 Å². The average molecular weight is 313 g/mol. The number of non-ortho nitro benzene ring substituents is 1. The molecule has 0 saturated heterocycles. The number of rotatable bonds is 5. The zero-order valence-electron chi connectivity index (χ0n) is 12.4. The van der Waals surface area contributed by atoms with E-state index in [9.17, 15) is 19.7 Å². The third-order valence-corrected chi connectivity index (χ3v) is 3.07. The molecular weight excluding hydrogens is 298 g/mol. The topological polar surface area (TPSA) is 101 Å². The van der Waals surface area contributed by atoms with E-state index in [1.807, 2.05) is 0 Å². The molecule has 2 aromatic rings. The fourth-order valence-corrected chi connectivity index (χ4v) is 1.93. The predicted molar refractivity (Wildman–Crippen MR) is 85.0 cm³/mol. The van der Waals surface area contributed by atoms with Gasteiger partial charge in [0.25, 0.3) is 11.6 Å². The van der Waals surface area contributed by atoms with Gasteiger partial charge in [-0.25, -0.2) is 0 Å². The summed E-state index contributed by atoms with van der Waals surface area (Å²) >= 11 is 0. The van der Waals surface area contributed by atoms with Crippen LogP contribution in [0.15, 0.2) is 48.5 Å². The fraction of sp³-hybridized carbons (Fsp3) is 0.125.